The maximum Gasteiger partial charge on any atom is 0.374 e. The van der Waals surface area contributed by atoms with Crippen LogP contribution in [0.25, 0.3) is 0 Å². The number of hydrogen-bond donors (Lipinski definition) is 2. The highest BCUT2D eigenvalue weighted by Crippen LogP contribution is 2.57. The number of rotatable bonds is 8. The first-order chi connectivity index (χ1) is 10.9. The zero-order chi connectivity index (χ0) is 17.0. The van der Waals surface area contributed by atoms with Crippen LogP contribution in [0.5, 0.6) is 0 Å². The molecule has 0 saturated heterocycles. The number of methoxy groups -OCH3 is 1. The van der Waals surface area contributed by atoms with Crippen LogP contribution in [0.1, 0.15) is 5.56 Å². The number of benzene rings is 1. The quantitative estimate of drug-likeness (QED) is 0.557. The Bertz CT molecular complexity index is 529. The third-order valence-electron chi connectivity index (χ3n) is 3.91. The standard InChI is InChI=1S/C15H20BF2NO4/c1-16(21)19-13(14(20)22-2)12-11(15(12,17)18)9-23-8-10-6-4-3-5-7-10/h3-7,11-13,19,21H,8-9H2,1-2H3. The fourth-order valence-corrected chi connectivity index (χ4v) is 2.67. The molecule has 1 fully saturated rings. The van der Waals surface area contributed by atoms with Crippen LogP contribution in [0.15, 0.2) is 30.3 Å². The summed E-state index contributed by atoms with van der Waals surface area (Å²) in [5.41, 5.74) is 0.889. The van der Waals surface area contributed by atoms with E-state index in [1.54, 1.807) is 0 Å². The largest absolute Gasteiger partial charge is 0.468 e. The first-order valence-corrected chi connectivity index (χ1v) is 7.39. The van der Waals surface area contributed by atoms with E-state index in [-0.39, 0.29) is 13.2 Å². The molecular weight excluding hydrogens is 307 g/mol. The molecule has 0 aliphatic heterocycles. The molecule has 23 heavy (non-hydrogen) atoms. The van der Waals surface area contributed by atoms with Gasteiger partial charge in [0.2, 0.25) is 0 Å². The molecule has 3 atom stereocenters. The molecule has 0 radical (unpaired) electrons. The second kappa shape index (κ2) is 7.38. The first kappa shape index (κ1) is 17.8. The van der Waals surface area contributed by atoms with Crippen molar-refractivity contribution in [1.29, 1.82) is 0 Å². The van der Waals surface area contributed by atoms with Crippen molar-refractivity contribution in [3.05, 3.63) is 35.9 Å². The van der Waals surface area contributed by atoms with E-state index in [2.05, 4.69) is 9.96 Å². The van der Waals surface area contributed by atoms with Crippen molar-refractivity contribution in [1.82, 2.24) is 5.23 Å². The van der Waals surface area contributed by atoms with E-state index in [0.29, 0.717) is 0 Å². The molecule has 8 heteroatoms. The highest BCUT2D eigenvalue weighted by Gasteiger charge is 2.72. The molecule has 1 aliphatic carbocycles. The maximum absolute atomic E-state index is 14.0. The Morgan fingerprint density at radius 3 is 2.65 bits per heavy atom. The number of nitrogens with one attached hydrogen (secondary N) is 1. The summed E-state index contributed by atoms with van der Waals surface area (Å²) in [5.74, 6) is -6.18. The smallest absolute Gasteiger partial charge is 0.374 e. The molecular formula is C15H20BF2NO4. The zero-order valence-corrected chi connectivity index (χ0v) is 13.0. The molecule has 1 saturated carbocycles. The summed E-state index contributed by atoms with van der Waals surface area (Å²) in [7, 11) is 0.0295. The van der Waals surface area contributed by atoms with Gasteiger partial charge in [-0.05, 0) is 12.4 Å². The average Bonchev–Trinajstić information content (AvgIpc) is 3.06. The van der Waals surface area contributed by atoms with Gasteiger partial charge in [-0.3, -0.25) is 4.79 Å². The maximum atomic E-state index is 14.0. The lowest BCUT2D eigenvalue weighted by Gasteiger charge is -2.16. The number of halogens is 2. The predicted octanol–water partition coefficient (Wildman–Crippen LogP) is 1.33. The van der Waals surface area contributed by atoms with Crippen LogP contribution >= 0.6 is 0 Å². The summed E-state index contributed by atoms with van der Waals surface area (Å²) in [6.45, 7) is 1.42. The van der Waals surface area contributed by atoms with Crippen molar-refractivity contribution in [2.45, 2.75) is 25.4 Å². The van der Waals surface area contributed by atoms with Gasteiger partial charge in [-0.2, -0.15) is 0 Å². The van der Waals surface area contributed by atoms with Crippen molar-refractivity contribution in [3.63, 3.8) is 0 Å². The van der Waals surface area contributed by atoms with E-state index < -0.39 is 36.8 Å². The number of esters is 1. The molecule has 0 aromatic heterocycles. The molecule has 126 valence electrons. The van der Waals surface area contributed by atoms with Crippen LogP contribution < -0.4 is 5.23 Å². The third kappa shape index (κ3) is 4.28. The molecule has 5 nitrogen and oxygen atoms in total. The van der Waals surface area contributed by atoms with Crippen molar-refractivity contribution < 1.29 is 28.1 Å². The van der Waals surface area contributed by atoms with Crippen LogP contribution in [0, 0.1) is 11.8 Å². The van der Waals surface area contributed by atoms with Crippen molar-refractivity contribution in [2.24, 2.45) is 11.8 Å². The molecule has 0 heterocycles. The third-order valence-corrected chi connectivity index (χ3v) is 3.91. The predicted molar refractivity (Wildman–Crippen MR) is 80.8 cm³/mol. The minimum absolute atomic E-state index is 0.165. The van der Waals surface area contributed by atoms with Gasteiger partial charge in [0.05, 0.1) is 32.2 Å². The van der Waals surface area contributed by atoms with Gasteiger partial charge in [-0.1, -0.05) is 30.3 Å². The highest BCUT2D eigenvalue weighted by atomic mass is 19.3. The second-order valence-corrected chi connectivity index (χ2v) is 5.65. The van der Waals surface area contributed by atoms with Crippen LogP contribution in [0.4, 0.5) is 8.78 Å². The van der Waals surface area contributed by atoms with Crippen LogP contribution in [0.3, 0.4) is 0 Å². The lowest BCUT2D eigenvalue weighted by Crippen LogP contribution is -2.48. The summed E-state index contributed by atoms with van der Waals surface area (Å²) < 4.78 is 37.8. The Balaban J connectivity index is 1.93. The van der Waals surface area contributed by atoms with Crippen molar-refractivity contribution in [2.75, 3.05) is 13.7 Å². The summed E-state index contributed by atoms with van der Waals surface area (Å²) in [6, 6.07) is 7.96. The number of hydrogen-bond acceptors (Lipinski definition) is 5. The van der Waals surface area contributed by atoms with Gasteiger partial charge >= 0.3 is 13.0 Å². The molecule has 0 amide bonds. The topological polar surface area (TPSA) is 67.8 Å². The fourth-order valence-electron chi connectivity index (χ4n) is 2.67. The fraction of sp³-hybridized carbons (Fsp3) is 0.533. The molecule has 1 aliphatic rings. The number of carbonyl (C=O) groups excluding carboxylic acids is 1. The molecule has 3 unspecified atom stereocenters. The Hall–Kier alpha value is -1.51. The van der Waals surface area contributed by atoms with Crippen LogP contribution in [0.2, 0.25) is 6.82 Å². The van der Waals surface area contributed by atoms with E-state index in [1.807, 2.05) is 30.3 Å². The average molecular weight is 327 g/mol. The Kier molecular flexibility index (Phi) is 5.72. The monoisotopic (exact) mass is 327 g/mol. The summed E-state index contributed by atoms with van der Waals surface area (Å²) in [6.07, 6.45) is 0. The van der Waals surface area contributed by atoms with E-state index in [9.17, 15) is 18.6 Å². The SMILES string of the molecule is COC(=O)C(NB(C)O)C1C(COCc2ccccc2)C1(F)F. The van der Waals surface area contributed by atoms with E-state index in [1.165, 1.54) is 6.82 Å². The van der Waals surface area contributed by atoms with Crippen molar-refractivity contribution in [3.8, 4) is 0 Å². The first-order valence-electron chi connectivity index (χ1n) is 7.39. The van der Waals surface area contributed by atoms with E-state index in [4.69, 9.17) is 4.74 Å². The minimum Gasteiger partial charge on any atom is -0.468 e. The van der Waals surface area contributed by atoms with Gasteiger partial charge in [0, 0.05) is 0 Å². The van der Waals surface area contributed by atoms with Gasteiger partial charge in [-0.25, -0.2) is 8.78 Å². The zero-order valence-electron chi connectivity index (χ0n) is 13.0. The lowest BCUT2D eigenvalue weighted by molar-refractivity contribution is -0.144. The minimum atomic E-state index is -3.03. The van der Waals surface area contributed by atoms with Crippen LogP contribution in [-0.4, -0.2) is 43.7 Å². The van der Waals surface area contributed by atoms with Gasteiger partial charge in [-0.15, -0.1) is 0 Å². The number of alkyl halides is 2. The molecule has 2 rings (SSSR count). The molecule has 0 spiro atoms. The van der Waals surface area contributed by atoms with Gasteiger partial charge < -0.3 is 19.7 Å². The Morgan fingerprint density at radius 1 is 1.43 bits per heavy atom. The number of ether oxygens (including phenoxy) is 2. The van der Waals surface area contributed by atoms with E-state index in [0.717, 1.165) is 12.7 Å². The second-order valence-electron chi connectivity index (χ2n) is 5.65. The van der Waals surface area contributed by atoms with Crippen LogP contribution in [-0.2, 0) is 20.9 Å². The van der Waals surface area contributed by atoms with Gasteiger partial charge in [0.15, 0.2) is 0 Å². The van der Waals surface area contributed by atoms with Gasteiger partial charge in [0.1, 0.15) is 6.04 Å². The molecule has 0 bridgehead atoms. The van der Waals surface area contributed by atoms with E-state index >= 15 is 0 Å². The summed E-state index contributed by atoms with van der Waals surface area (Å²) >= 11 is 0. The summed E-state index contributed by atoms with van der Waals surface area (Å²) in [5, 5.41) is 11.8. The van der Waals surface area contributed by atoms with Gasteiger partial charge in [0.25, 0.3) is 5.92 Å². The summed E-state index contributed by atoms with van der Waals surface area (Å²) in [4.78, 5) is 11.7. The molecule has 2 N–H and O–H groups in total. The lowest BCUT2D eigenvalue weighted by atomic mass is 9.86. The normalized spacial score (nSPS) is 23.2. The highest BCUT2D eigenvalue weighted by molar-refractivity contribution is 6.46. The Morgan fingerprint density at radius 2 is 2.09 bits per heavy atom. The van der Waals surface area contributed by atoms with Crippen molar-refractivity contribution >= 4 is 13.0 Å². The molecule has 1 aromatic rings. The number of carbonyl (C=O) groups is 1. The molecule has 1 aromatic carbocycles. The Labute approximate surface area is 134 Å².